The number of amides is 2. The number of aromatic nitrogens is 2. The number of halogens is 1. The molecular weight excluding hydrogens is 451 g/mol. The third-order valence-electron chi connectivity index (χ3n) is 5.65. The molecule has 2 amide bonds. The number of carbonyl (C=O) groups excluding carboxylic acids is 2. The fourth-order valence-electron chi connectivity index (χ4n) is 3.75. The Labute approximate surface area is 199 Å². The van der Waals surface area contributed by atoms with Gasteiger partial charge in [-0.2, -0.15) is 0 Å². The van der Waals surface area contributed by atoms with Crippen LogP contribution in [0, 0.1) is 12.7 Å². The zero-order valence-corrected chi connectivity index (χ0v) is 19.2. The van der Waals surface area contributed by atoms with Crippen LogP contribution in [-0.2, 0) is 22.6 Å². The van der Waals surface area contributed by atoms with Crippen LogP contribution < -0.4 is 21.9 Å². The van der Waals surface area contributed by atoms with Crippen molar-refractivity contribution in [2.24, 2.45) is 0 Å². The van der Waals surface area contributed by atoms with Gasteiger partial charge in [0.2, 0.25) is 11.8 Å². The minimum atomic E-state index is -0.696. The molecule has 35 heavy (non-hydrogen) atoms. The van der Waals surface area contributed by atoms with Gasteiger partial charge >= 0.3 is 5.69 Å². The van der Waals surface area contributed by atoms with Gasteiger partial charge < -0.3 is 10.6 Å². The minimum Gasteiger partial charge on any atom is -0.359 e. The molecule has 0 spiro atoms. The van der Waals surface area contributed by atoms with E-state index in [1.165, 1.54) is 10.6 Å². The Bertz CT molecular complexity index is 1550. The molecule has 1 aromatic heterocycles. The molecule has 0 bridgehead atoms. The summed E-state index contributed by atoms with van der Waals surface area (Å²) < 4.78 is 16.1. The maximum Gasteiger partial charge on any atom is 0.336 e. The number of fused-ring (bicyclic) bond motifs is 1. The molecule has 0 saturated carbocycles. The van der Waals surface area contributed by atoms with Gasteiger partial charge in [0.1, 0.15) is 12.4 Å². The summed E-state index contributed by atoms with van der Waals surface area (Å²) in [6.45, 7) is 1.23. The summed E-state index contributed by atoms with van der Waals surface area (Å²) in [6.07, 6.45) is 0.160. The van der Waals surface area contributed by atoms with E-state index < -0.39 is 23.0 Å². The number of carbonyl (C=O) groups is 2. The monoisotopic (exact) mass is 474 g/mol. The van der Waals surface area contributed by atoms with Gasteiger partial charge in [-0.05, 0) is 54.4 Å². The first-order valence-corrected chi connectivity index (χ1v) is 10.9. The highest BCUT2D eigenvalue weighted by atomic mass is 19.1. The van der Waals surface area contributed by atoms with Crippen molar-refractivity contribution in [3.05, 3.63) is 105 Å². The quantitative estimate of drug-likeness (QED) is 0.448. The van der Waals surface area contributed by atoms with Crippen LogP contribution in [0.1, 0.15) is 11.1 Å². The van der Waals surface area contributed by atoms with E-state index in [1.807, 2.05) is 0 Å². The van der Waals surface area contributed by atoms with Gasteiger partial charge in [-0.1, -0.05) is 30.3 Å². The van der Waals surface area contributed by atoms with Crippen LogP contribution in [0.4, 0.5) is 10.1 Å². The molecule has 0 atom stereocenters. The van der Waals surface area contributed by atoms with Crippen molar-refractivity contribution in [3.8, 4) is 5.69 Å². The highest BCUT2D eigenvalue weighted by molar-refractivity contribution is 5.91. The number of anilines is 1. The molecule has 0 radical (unpaired) electrons. The lowest BCUT2D eigenvalue weighted by atomic mass is 10.1. The summed E-state index contributed by atoms with van der Waals surface area (Å²) in [4.78, 5) is 51.0. The second kappa shape index (κ2) is 9.76. The standard InChI is InChI=1S/C26H23FN4O4/c1-16-7-10-18(14-21(16)27)29-24(33)15-30-22-6-4-3-5-20(22)25(34)31(26(30)35)19-11-8-17(9-12-19)13-23(32)28-2/h3-12,14H,13,15H2,1-2H3,(H,28,32)(H,29,33). The van der Waals surface area contributed by atoms with E-state index in [4.69, 9.17) is 0 Å². The van der Waals surface area contributed by atoms with Gasteiger partial charge in [-0.15, -0.1) is 0 Å². The molecule has 178 valence electrons. The van der Waals surface area contributed by atoms with Gasteiger partial charge in [0, 0.05) is 12.7 Å². The van der Waals surface area contributed by atoms with Crippen LogP contribution in [0.3, 0.4) is 0 Å². The van der Waals surface area contributed by atoms with Gasteiger partial charge in [-0.25, -0.2) is 13.8 Å². The van der Waals surface area contributed by atoms with E-state index in [2.05, 4.69) is 10.6 Å². The lowest BCUT2D eigenvalue weighted by Gasteiger charge is -2.14. The molecule has 4 rings (SSSR count). The summed E-state index contributed by atoms with van der Waals surface area (Å²) >= 11 is 0. The predicted octanol–water partition coefficient (Wildman–Crippen LogP) is 2.53. The lowest BCUT2D eigenvalue weighted by Crippen LogP contribution is -2.40. The lowest BCUT2D eigenvalue weighted by molar-refractivity contribution is -0.120. The first-order chi connectivity index (χ1) is 16.8. The Balaban J connectivity index is 1.74. The minimum absolute atomic E-state index is 0.160. The molecule has 0 aliphatic carbocycles. The molecule has 3 aromatic carbocycles. The second-order valence-electron chi connectivity index (χ2n) is 8.05. The largest absolute Gasteiger partial charge is 0.359 e. The van der Waals surface area contributed by atoms with Crippen molar-refractivity contribution in [2.45, 2.75) is 19.9 Å². The Morgan fingerprint density at radius 3 is 2.34 bits per heavy atom. The summed E-state index contributed by atoms with van der Waals surface area (Å²) in [5.41, 5.74) is 0.808. The number of rotatable bonds is 6. The zero-order valence-electron chi connectivity index (χ0n) is 19.2. The fraction of sp³-hybridized carbons (Fsp3) is 0.154. The molecule has 8 nitrogen and oxygen atoms in total. The summed E-state index contributed by atoms with van der Waals surface area (Å²) in [6, 6.07) is 17.3. The van der Waals surface area contributed by atoms with Crippen LogP contribution in [0.25, 0.3) is 16.6 Å². The van der Waals surface area contributed by atoms with Crippen molar-refractivity contribution in [2.75, 3.05) is 12.4 Å². The predicted molar refractivity (Wildman–Crippen MR) is 131 cm³/mol. The van der Waals surface area contributed by atoms with Crippen LogP contribution in [-0.4, -0.2) is 28.0 Å². The molecule has 0 unspecified atom stereocenters. The van der Waals surface area contributed by atoms with E-state index in [9.17, 15) is 23.6 Å². The average Bonchev–Trinajstić information content (AvgIpc) is 2.85. The number of nitrogens with one attached hydrogen (secondary N) is 2. The summed E-state index contributed by atoms with van der Waals surface area (Å²) in [7, 11) is 1.54. The van der Waals surface area contributed by atoms with Crippen LogP contribution >= 0.6 is 0 Å². The first-order valence-electron chi connectivity index (χ1n) is 10.9. The number of benzene rings is 3. The van der Waals surface area contributed by atoms with Crippen LogP contribution in [0.2, 0.25) is 0 Å². The SMILES string of the molecule is CNC(=O)Cc1ccc(-n2c(=O)c3ccccc3n(CC(=O)Nc3ccc(C)c(F)c3)c2=O)cc1. The second-order valence-corrected chi connectivity index (χ2v) is 8.05. The van der Waals surface area contributed by atoms with E-state index in [1.54, 1.807) is 74.6 Å². The highest BCUT2D eigenvalue weighted by Crippen LogP contribution is 2.15. The van der Waals surface area contributed by atoms with Crippen molar-refractivity contribution in [1.82, 2.24) is 14.5 Å². The van der Waals surface area contributed by atoms with Crippen molar-refractivity contribution < 1.29 is 14.0 Å². The molecular formula is C26H23FN4O4. The molecule has 0 aliphatic rings. The molecule has 4 aromatic rings. The van der Waals surface area contributed by atoms with Gasteiger partial charge in [0.25, 0.3) is 5.56 Å². The number of likely N-dealkylation sites (N-methyl/N-ethyl adjacent to an activating group) is 1. The highest BCUT2D eigenvalue weighted by Gasteiger charge is 2.17. The average molecular weight is 474 g/mol. The molecule has 0 aliphatic heterocycles. The van der Waals surface area contributed by atoms with E-state index in [0.717, 1.165) is 4.57 Å². The Morgan fingerprint density at radius 2 is 1.66 bits per heavy atom. The number of hydrogen-bond acceptors (Lipinski definition) is 4. The number of nitrogens with zero attached hydrogens (tertiary/aromatic N) is 2. The smallest absolute Gasteiger partial charge is 0.336 e. The number of hydrogen-bond donors (Lipinski definition) is 2. The molecule has 9 heteroatoms. The number of aryl methyl sites for hydroxylation is 1. The Morgan fingerprint density at radius 1 is 0.943 bits per heavy atom. The maximum atomic E-state index is 13.9. The molecule has 0 saturated heterocycles. The first kappa shape index (κ1) is 23.6. The fourth-order valence-corrected chi connectivity index (χ4v) is 3.75. The normalized spacial score (nSPS) is 10.8. The zero-order chi connectivity index (χ0) is 25.1. The van der Waals surface area contributed by atoms with Gasteiger partial charge in [0.05, 0.1) is 23.0 Å². The van der Waals surface area contributed by atoms with Gasteiger partial charge in [0.15, 0.2) is 0 Å². The van der Waals surface area contributed by atoms with Crippen molar-refractivity contribution in [3.63, 3.8) is 0 Å². The number of para-hydroxylation sites is 1. The third-order valence-corrected chi connectivity index (χ3v) is 5.65. The summed E-state index contributed by atoms with van der Waals surface area (Å²) in [5.74, 6) is -1.17. The van der Waals surface area contributed by atoms with E-state index in [0.29, 0.717) is 22.3 Å². The molecule has 0 fully saturated rings. The van der Waals surface area contributed by atoms with E-state index in [-0.39, 0.29) is 29.9 Å². The van der Waals surface area contributed by atoms with Crippen LogP contribution in [0.15, 0.2) is 76.3 Å². The molecule has 1 heterocycles. The van der Waals surface area contributed by atoms with E-state index >= 15 is 0 Å². The van der Waals surface area contributed by atoms with Gasteiger partial charge in [-0.3, -0.25) is 19.0 Å². The summed E-state index contributed by atoms with van der Waals surface area (Å²) in [5, 5.41) is 5.39. The third kappa shape index (κ3) is 4.89. The van der Waals surface area contributed by atoms with Crippen molar-refractivity contribution in [1.29, 1.82) is 0 Å². The van der Waals surface area contributed by atoms with Crippen LogP contribution in [0.5, 0.6) is 0 Å². The Hall–Kier alpha value is -4.53. The molecule has 2 N–H and O–H groups in total. The topological polar surface area (TPSA) is 102 Å². The Kier molecular flexibility index (Phi) is 6.59. The van der Waals surface area contributed by atoms with Crippen molar-refractivity contribution >= 4 is 28.4 Å². The maximum absolute atomic E-state index is 13.9.